The largest absolute Gasteiger partial charge is 0.493 e. The molecule has 1 heterocycles. The van der Waals surface area contributed by atoms with Crippen molar-refractivity contribution >= 4 is 11.8 Å². The molecule has 0 unspecified atom stereocenters. The van der Waals surface area contributed by atoms with Gasteiger partial charge < -0.3 is 5.11 Å². The first kappa shape index (κ1) is 11.1. The minimum Gasteiger partial charge on any atom is -0.493 e. The fourth-order valence-electron chi connectivity index (χ4n) is 1.74. The van der Waals surface area contributed by atoms with E-state index in [-0.39, 0.29) is 5.88 Å². The van der Waals surface area contributed by atoms with Crippen LogP contribution >= 0.6 is 11.8 Å². The Balaban J connectivity index is 2.50. The molecule has 4 heteroatoms. The summed E-state index contributed by atoms with van der Waals surface area (Å²) >= 11 is 1.70. The Morgan fingerprint density at radius 2 is 1.88 bits per heavy atom. The topological polar surface area (TPSA) is 38.0 Å². The maximum Gasteiger partial charge on any atom is 0.217 e. The highest BCUT2D eigenvalue weighted by Gasteiger charge is 2.13. The number of aromatic hydroxyl groups is 1. The molecule has 2 rings (SSSR count). The van der Waals surface area contributed by atoms with Gasteiger partial charge in [-0.25, -0.2) is 4.68 Å². The average molecular weight is 234 g/mol. The van der Waals surface area contributed by atoms with E-state index in [4.69, 9.17) is 0 Å². The summed E-state index contributed by atoms with van der Waals surface area (Å²) in [6, 6.07) is 8.11. The van der Waals surface area contributed by atoms with E-state index in [9.17, 15) is 5.11 Å². The normalized spacial score (nSPS) is 10.7. The predicted octanol–water partition coefficient (Wildman–Crippen LogP) is 2.82. The Kier molecular flexibility index (Phi) is 2.92. The van der Waals surface area contributed by atoms with Crippen molar-refractivity contribution in [3.05, 3.63) is 30.0 Å². The zero-order valence-corrected chi connectivity index (χ0v) is 10.4. The van der Waals surface area contributed by atoms with Crippen LogP contribution in [0, 0.1) is 6.92 Å². The fraction of sp³-hybridized carbons (Fsp3) is 0.250. The molecular weight excluding hydrogens is 220 g/mol. The predicted molar refractivity (Wildman–Crippen MR) is 66.8 cm³/mol. The molecule has 0 aliphatic heterocycles. The molecule has 0 fully saturated rings. The van der Waals surface area contributed by atoms with Crippen LogP contribution in [0.3, 0.4) is 0 Å². The van der Waals surface area contributed by atoms with Gasteiger partial charge in [0.15, 0.2) is 0 Å². The average Bonchev–Trinajstić information content (AvgIpc) is 2.54. The summed E-state index contributed by atoms with van der Waals surface area (Å²) in [5.74, 6) is 0.217. The van der Waals surface area contributed by atoms with Crippen LogP contribution in [0.1, 0.15) is 5.69 Å². The lowest BCUT2D eigenvalue weighted by Crippen LogP contribution is -1.88. The molecule has 0 atom stereocenters. The summed E-state index contributed by atoms with van der Waals surface area (Å²) < 4.78 is 1.49. The summed E-state index contributed by atoms with van der Waals surface area (Å²) in [7, 11) is 1.74. The molecule has 0 saturated carbocycles. The summed E-state index contributed by atoms with van der Waals surface area (Å²) in [6.07, 6.45) is 2.04. The second-order valence-corrected chi connectivity index (χ2v) is 4.52. The Morgan fingerprint density at radius 3 is 2.31 bits per heavy atom. The molecule has 0 bridgehead atoms. The van der Waals surface area contributed by atoms with Crippen molar-refractivity contribution in [2.24, 2.45) is 7.05 Å². The number of rotatable bonds is 2. The van der Waals surface area contributed by atoms with E-state index in [2.05, 4.69) is 5.10 Å². The molecule has 0 aliphatic carbocycles. The van der Waals surface area contributed by atoms with E-state index in [1.807, 2.05) is 37.4 Å². The Morgan fingerprint density at radius 1 is 1.25 bits per heavy atom. The van der Waals surface area contributed by atoms with Crippen molar-refractivity contribution in [1.29, 1.82) is 0 Å². The Hall–Kier alpha value is -1.42. The zero-order valence-electron chi connectivity index (χ0n) is 9.56. The van der Waals surface area contributed by atoms with Crippen LogP contribution in [-0.4, -0.2) is 21.1 Å². The smallest absolute Gasteiger partial charge is 0.217 e. The first-order valence-corrected chi connectivity index (χ1v) is 6.23. The van der Waals surface area contributed by atoms with E-state index in [1.165, 1.54) is 9.58 Å². The molecule has 0 radical (unpaired) electrons. The van der Waals surface area contributed by atoms with E-state index in [1.54, 1.807) is 18.8 Å². The lowest BCUT2D eigenvalue weighted by atomic mass is 10.1. The van der Waals surface area contributed by atoms with Gasteiger partial charge in [0, 0.05) is 11.9 Å². The van der Waals surface area contributed by atoms with Crippen LogP contribution < -0.4 is 0 Å². The molecule has 0 aliphatic rings. The lowest BCUT2D eigenvalue weighted by Gasteiger charge is -2.02. The quantitative estimate of drug-likeness (QED) is 0.812. The van der Waals surface area contributed by atoms with Crippen LogP contribution in [0.25, 0.3) is 11.1 Å². The minimum absolute atomic E-state index is 0.217. The van der Waals surface area contributed by atoms with Crippen molar-refractivity contribution in [2.75, 3.05) is 6.26 Å². The molecule has 0 spiro atoms. The number of hydrogen-bond donors (Lipinski definition) is 1. The third-order valence-electron chi connectivity index (χ3n) is 2.57. The molecule has 16 heavy (non-hydrogen) atoms. The van der Waals surface area contributed by atoms with Crippen LogP contribution in [0.15, 0.2) is 29.2 Å². The van der Waals surface area contributed by atoms with Crippen LogP contribution in [0.4, 0.5) is 0 Å². The van der Waals surface area contributed by atoms with Gasteiger partial charge in [0.1, 0.15) is 0 Å². The number of aromatic nitrogens is 2. The van der Waals surface area contributed by atoms with Crippen LogP contribution in [0.2, 0.25) is 0 Å². The highest BCUT2D eigenvalue weighted by atomic mass is 32.2. The van der Waals surface area contributed by atoms with Crippen molar-refractivity contribution < 1.29 is 5.11 Å². The summed E-state index contributed by atoms with van der Waals surface area (Å²) in [5.41, 5.74) is 2.66. The van der Waals surface area contributed by atoms with Gasteiger partial charge in [-0.05, 0) is 30.9 Å². The second kappa shape index (κ2) is 4.22. The summed E-state index contributed by atoms with van der Waals surface area (Å²) in [6.45, 7) is 1.90. The van der Waals surface area contributed by atoms with E-state index in [0.717, 1.165) is 16.8 Å². The zero-order chi connectivity index (χ0) is 11.7. The second-order valence-electron chi connectivity index (χ2n) is 3.64. The molecular formula is C12H14N2OS. The third-order valence-corrected chi connectivity index (χ3v) is 3.31. The van der Waals surface area contributed by atoms with E-state index < -0.39 is 0 Å². The molecule has 3 nitrogen and oxygen atoms in total. The van der Waals surface area contributed by atoms with Crippen LogP contribution in [-0.2, 0) is 7.05 Å². The van der Waals surface area contributed by atoms with Gasteiger partial charge in [0.2, 0.25) is 5.88 Å². The van der Waals surface area contributed by atoms with Crippen molar-refractivity contribution in [2.45, 2.75) is 11.8 Å². The monoisotopic (exact) mass is 234 g/mol. The third kappa shape index (κ3) is 1.80. The fourth-order valence-corrected chi connectivity index (χ4v) is 2.15. The standard InChI is InChI=1S/C12H14N2OS/c1-8-11(12(15)14(2)13-8)9-4-6-10(16-3)7-5-9/h4-7,15H,1-3H3. The number of thioether (sulfide) groups is 1. The summed E-state index contributed by atoms with van der Waals surface area (Å²) in [4.78, 5) is 1.21. The number of nitrogens with zero attached hydrogens (tertiary/aromatic N) is 2. The summed E-state index contributed by atoms with van der Waals surface area (Å²) in [5, 5.41) is 14.1. The van der Waals surface area contributed by atoms with Gasteiger partial charge in [0.05, 0.1) is 11.3 Å². The molecule has 0 amide bonds. The van der Waals surface area contributed by atoms with E-state index in [0.29, 0.717) is 0 Å². The van der Waals surface area contributed by atoms with Gasteiger partial charge in [-0.2, -0.15) is 5.10 Å². The lowest BCUT2D eigenvalue weighted by molar-refractivity contribution is 0.420. The van der Waals surface area contributed by atoms with Gasteiger partial charge in [-0.1, -0.05) is 12.1 Å². The van der Waals surface area contributed by atoms with Crippen LogP contribution in [0.5, 0.6) is 5.88 Å². The molecule has 84 valence electrons. The number of benzene rings is 1. The van der Waals surface area contributed by atoms with Crippen molar-refractivity contribution in [3.8, 4) is 17.0 Å². The SMILES string of the molecule is CSc1ccc(-c2c(C)nn(C)c2O)cc1. The molecule has 2 aromatic rings. The Bertz CT molecular complexity index is 502. The molecule has 1 aromatic carbocycles. The van der Waals surface area contributed by atoms with Gasteiger partial charge >= 0.3 is 0 Å². The number of hydrogen-bond acceptors (Lipinski definition) is 3. The van der Waals surface area contributed by atoms with Gasteiger partial charge in [-0.15, -0.1) is 11.8 Å². The first-order valence-electron chi connectivity index (χ1n) is 5.00. The minimum atomic E-state index is 0.217. The maximum atomic E-state index is 9.89. The maximum absolute atomic E-state index is 9.89. The van der Waals surface area contributed by atoms with Gasteiger partial charge in [0.25, 0.3) is 0 Å². The number of aryl methyl sites for hydroxylation is 2. The molecule has 1 aromatic heterocycles. The van der Waals surface area contributed by atoms with E-state index >= 15 is 0 Å². The Labute approximate surface area is 99.1 Å². The molecule has 0 saturated heterocycles. The first-order chi connectivity index (χ1) is 7.63. The highest BCUT2D eigenvalue weighted by Crippen LogP contribution is 2.32. The van der Waals surface area contributed by atoms with Crippen molar-refractivity contribution in [3.63, 3.8) is 0 Å². The molecule has 1 N–H and O–H groups in total. The van der Waals surface area contributed by atoms with Gasteiger partial charge in [-0.3, -0.25) is 0 Å². The van der Waals surface area contributed by atoms with Crippen molar-refractivity contribution in [1.82, 2.24) is 9.78 Å². The highest BCUT2D eigenvalue weighted by molar-refractivity contribution is 7.98.